The van der Waals surface area contributed by atoms with Gasteiger partial charge in [-0.25, -0.2) is 0 Å². The van der Waals surface area contributed by atoms with E-state index in [9.17, 15) is 13.4 Å². The van der Waals surface area contributed by atoms with E-state index in [0.29, 0.717) is 0 Å². The van der Waals surface area contributed by atoms with Gasteiger partial charge < -0.3 is 9.64 Å². The number of rotatable bonds is 1. The predicted molar refractivity (Wildman–Crippen MR) is 40.0 cm³/mol. The summed E-state index contributed by atoms with van der Waals surface area (Å²) in [6, 6.07) is 0. The molecule has 0 atom stereocenters. The molecule has 0 fully saturated rings. The lowest BCUT2D eigenvalue weighted by Gasteiger charge is -1.90. The largest absolute Gasteiger partial charge is 0.658 e. The zero-order valence-corrected chi connectivity index (χ0v) is 7.10. The molecule has 0 aliphatic heterocycles. The minimum Gasteiger partial charge on any atom is -0.472 e. The number of methoxy groups -OCH3 is 1. The highest BCUT2D eigenvalue weighted by molar-refractivity contribution is 6.77. The average Bonchev–Trinajstić information content (AvgIpc) is 1.85. The fraction of sp³-hybridized carbons (Fsp3) is 0.800. The van der Waals surface area contributed by atoms with E-state index >= 15 is 0 Å². The Hall–Kier alpha value is -0.645. The molecule has 0 radical (unpaired) electrons. The van der Waals surface area contributed by atoms with Gasteiger partial charge in [-0.3, -0.25) is 13.4 Å². The molecule has 0 aliphatic rings. The quantitative estimate of drug-likeness (QED) is 0.544. The van der Waals surface area contributed by atoms with Gasteiger partial charge >= 0.3 is 13.1 Å². The van der Waals surface area contributed by atoms with Crippen molar-refractivity contribution in [1.82, 2.24) is 4.90 Å². The van der Waals surface area contributed by atoms with E-state index in [1.807, 2.05) is 26.0 Å². The third-order valence-corrected chi connectivity index (χ3v) is 0.379. The summed E-state index contributed by atoms with van der Waals surface area (Å²) in [5.74, 6) is -1.49. The molecular weight excluding hydrogens is 155 g/mol. The Bertz CT molecular complexity index is 108. The third kappa shape index (κ3) is 17.6. The SMILES string of the molecule is CN(C)C.COC(=O)B(F)F. The lowest BCUT2D eigenvalue weighted by atomic mass is 10.0. The lowest BCUT2D eigenvalue weighted by molar-refractivity contribution is 0.192. The van der Waals surface area contributed by atoms with Gasteiger partial charge in [0.05, 0.1) is 7.11 Å². The predicted octanol–water partition coefficient (Wildman–Crippen LogP) is 0.940. The molecule has 0 unspecified atom stereocenters. The molecule has 0 heterocycles. The molecule has 0 bridgehead atoms. The Morgan fingerprint density at radius 2 is 1.64 bits per heavy atom. The van der Waals surface area contributed by atoms with Gasteiger partial charge in [-0.2, -0.15) is 0 Å². The number of carbonyl (C=O) groups excluding carboxylic acids is 1. The smallest absolute Gasteiger partial charge is 0.472 e. The summed E-state index contributed by atoms with van der Waals surface area (Å²) in [4.78, 5) is 11.5. The van der Waals surface area contributed by atoms with Gasteiger partial charge in [0.2, 0.25) is 0 Å². The molecule has 0 aromatic heterocycles. The van der Waals surface area contributed by atoms with Crippen LogP contribution in [0.5, 0.6) is 0 Å². The van der Waals surface area contributed by atoms with E-state index in [0.717, 1.165) is 7.11 Å². The topological polar surface area (TPSA) is 29.5 Å². The van der Waals surface area contributed by atoms with Crippen LogP contribution in [0.25, 0.3) is 0 Å². The minimum atomic E-state index is -3.00. The van der Waals surface area contributed by atoms with Crippen molar-refractivity contribution in [1.29, 1.82) is 0 Å². The first-order valence-electron chi connectivity index (χ1n) is 2.88. The van der Waals surface area contributed by atoms with Gasteiger partial charge in [0.1, 0.15) is 0 Å². The molecule has 0 aliphatic carbocycles. The van der Waals surface area contributed by atoms with Crippen LogP contribution in [0.15, 0.2) is 0 Å². The van der Waals surface area contributed by atoms with Crippen LogP contribution in [-0.2, 0) is 4.74 Å². The fourth-order valence-corrected chi connectivity index (χ4v) is 0.0891. The second kappa shape index (κ2) is 7.46. The number of hydrogen-bond acceptors (Lipinski definition) is 3. The monoisotopic (exact) mass is 167 g/mol. The molecule has 6 heteroatoms. The average molecular weight is 167 g/mol. The molecule has 0 amide bonds. The number of halogens is 2. The molecule has 66 valence electrons. The van der Waals surface area contributed by atoms with Crippen molar-refractivity contribution in [2.45, 2.75) is 0 Å². The standard InChI is InChI=1S/C3H9N.C2H3BF2O2/c1-4(2)3;1-7-2(6)3(4)5/h1-3H3;1H3. The van der Waals surface area contributed by atoms with Gasteiger partial charge in [-0.05, 0) is 21.1 Å². The third-order valence-electron chi connectivity index (χ3n) is 0.379. The van der Waals surface area contributed by atoms with Crippen LogP contribution < -0.4 is 0 Å². The summed E-state index contributed by atoms with van der Waals surface area (Å²) in [5, 5.41) is 0. The van der Waals surface area contributed by atoms with Crippen molar-refractivity contribution in [3.8, 4) is 0 Å². The summed E-state index contributed by atoms with van der Waals surface area (Å²) in [5.41, 5.74) is 0. The fourth-order valence-electron chi connectivity index (χ4n) is 0.0891. The van der Waals surface area contributed by atoms with E-state index < -0.39 is 13.1 Å². The van der Waals surface area contributed by atoms with Gasteiger partial charge in [0.25, 0.3) is 0 Å². The summed E-state index contributed by atoms with van der Waals surface area (Å²) < 4.78 is 25.5. The first kappa shape index (κ1) is 13.0. The molecule has 0 aromatic carbocycles. The Morgan fingerprint density at radius 3 is 1.64 bits per heavy atom. The van der Waals surface area contributed by atoms with Crippen molar-refractivity contribution < 1.29 is 18.2 Å². The zero-order valence-electron chi connectivity index (χ0n) is 7.10. The summed E-state index contributed by atoms with van der Waals surface area (Å²) in [6.45, 7) is 0. The van der Waals surface area contributed by atoms with E-state index in [1.165, 1.54) is 0 Å². The molecule has 0 rings (SSSR count). The van der Waals surface area contributed by atoms with Crippen molar-refractivity contribution >= 4 is 13.1 Å². The maximum absolute atomic E-state index is 11.0. The van der Waals surface area contributed by atoms with E-state index in [4.69, 9.17) is 0 Å². The first-order chi connectivity index (χ1) is 4.91. The zero-order chi connectivity index (χ0) is 9.44. The van der Waals surface area contributed by atoms with E-state index in [-0.39, 0.29) is 0 Å². The second-order valence-corrected chi connectivity index (χ2v) is 2.17. The van der Waals surface area contributed by atoms with Gasteiger partial charge in [0, 0.05) is 0 Å². The number of nitrogens with zero attached hydrogens (tertiary/aromatic N) is 1. The first-order valence-corrected chi connectivity index (χ1v) is 2.88. The van der Waals surface area contributed by atoms with Crippen LogP contribution in [0.2, 0.25) is 0 Å². The highest BCUT2D eigenvalue weighted by Gasteiger charge is 2.25. The maximum Gasteiger partial charge on any atom is 0.658 e. The van der Waals surface area contributed by atoms with E-state index in [1.54, 1.807) is 0 Å². The normalized spacial score (nSPS) is 8.27. The van der Waals surface area contributed by atoms with Crippen molar-refractivity contribution in [2.75, 3.05) is 28.3 Å². The highest BCUT2D eigenvalue weighted by atomic mass is 19.2. The molecular formula is C5H12BF2NO2. The maximum atomic E-state index is 11.0. The van der Waals surface area contributed by atoms with E-state index in [2.05, 4.69) is 4.74 Å². The van der Waals surface area contributed by atoms with Crippen LogP contribution in [0.3, 0.4) is 0 Å². The molecule has 11 heavy (non-hydrogen) atoms. The minimum absolute atomic E-state index is 0.911. The highest BCUT2D eigenvalue weighted by Crippen LogP contribution is 1.88. The summed E-state index contributed by atoms with van der Waals surface area (Å²) in [6.07, 6.45) is 0. The Morgan fingerprint density at radius 1 is 1.36 bits per heavy atom. The molecule has 0 aromatic rings. The van der Waals surface area contributed by atoms with Crippen molar-refractivity contribution in [2.24, 2.45) is 0 Å². The number of carbonyl (C=O) groups is 1. The molecule has 3 nitrogen and oxygen atoms in total. The van der Waals surface area contributed by atoms with Gasteiger partial charge in [-0.1, -0.05) is 0 Å². The van der Waals surface area contributed by atoms with Crippen LogP contribution in [-0.4, -0.2) is 46.3 Å². The summed E-state index contributed by atoms with van der Waals surface area (Å²) in [7, 11) is 3.92. The molecule has 0 spiro atoms. The molecule has 0 N–H and O–H groups in total. The lowest BCUT2D eigenvalue weighted by Crippen LogP contribution is -2.14. The van der Waals surface area contributed by atoms with Gasteiger partial charge in [-0.15, -0.1) is 0 Å². The Balaban J connectivity index is 0. The number of hydrogen-bond donors (Lipinski definition) is 0. The summed E-state index contributed by atoms with van der Waals surface area (Å²) >= 11 is 0. The van der Waals surface area contributed by atoms with Crippen LogP contribution in [0.1, 0.15) is 0 Å². The van der Waals surface area contributed by atoms with Crippen molar-refractivity contribution in [3.63, 3.8) is 0 Å². The number of ether oxygens (including phenoxy) is 1. The van der Waals surface area contributed by atoms with Crippen LogP contribution in [0.4, 0.5) is 13.4 Å². The Kier molecular flexibility index (Phi) is 8.81. The molecule has 0 saturated carbocycles. The van der Waals surface area contributed by atoms with Crippen LogP contribution >= 0.6 is 0 Å². The Labute approximate surface area is 65.5 Å². The molecule has 0 saturated heterocycles. The van der Waals surface area contributed by atoms with Crippen molar-refractivity contribution in [3.05, 3.63) is 0 Å². The van der Waals surface area contributed by atoms with Gasteiger partial charge in [0.15, 0.2) is 0 Å². The van der Waals surface area contributed by atoms with Crippen LogP contribution in [0, 0.1) is 0 Å². The second-order valence-electron chi connectivity index (χ2n) is 2.17.